The normalized spacial score (nSPS) is 12.4. The highest BCUT2D eigenvalue weighted by Crippen LogP contribution is 2.17. The van der Waals surface area contributed by atoms with Crippen molar-refractivity contribution < 1.29 is 28.6 Å². The molecule has 0 bridgehead atoms. The summed E-state index contributed by atoms with van der Waals surface area (Å²) >= 11 is 0. The molecule has 430 valence electrons. The number of hydrogen-bond acceptors (Lipinski definition) is 6. The van der Waals surface area contributed by atoms with Crippen molar-refractivity contribution >= 4 is 17.9 Å². The lowest BCUT2D eigenvalue weighted by Crippen LogP contribution is -2.30. The van der Waals surface area contributed by atoms with Gasteiger partial charge in [-0.2, -0.15) is 0 Å². The molecule has 0 aromatic carbocycles. The van der Waals surface area contributed by atoms with Crippen LogP contribution in [0.4, 0.5) is 0 Å². The monoisotopic (exact) mass is 1030 g/mol. The van der Waals surface area contributed by atoms with Crippen LogP contribution in [0.15, 0.2) is 60.8 Å². The Morgan fingerprint density at radius 1 is 0.270 bits per heavy atom. The standard InChI is InChI=1S/C68H122O6/c1-4-7-10-13-16-19-22-24-26-27-28-29-30-31-32-33-34-35-36-37-38-39-40-41-43-44-46-49-52-55-58-61-67(70)73-64-65(63-72-66(69)60-57-54-51-48-21-18-15-12-9-6-3)74-68(71)62-59-56-53-50-47-45-42-25-23-20-17-14-11-8-5-2/h12,15,22,24-25,27-28,30-31,42,65H,4-11,13-14,16-21,23,26,29,32-41,43-64H2,1-3H3/b15-12-,24-22-,28-27-,31-30-,42-25-. The van der Waals surface area contributed by atoms with E-state index < -0.39 is 6.10 Å². The van der Waals surface area contributed by atoms with Crippen LogP contribution >= 0.6 is 0 Å². The van der Waals surface area contributed by atoms with Crippen molar-refractivity contribution in [3.05, 3.63) is 60.8 Å². The number of rotatable bonds is 59. The largest absolute Gasteiger partial charge is 0.462 e. The first-order valence-corrected chi connectivity index (χ1v) is 32.3. The summed E-state index contributed by atoms with van der Waals surface area (Å²) in [5.41, 5.74) is 0. The maximum atomic E-state index is 12.8. The molecule has 0 aromatic heterocycles. The fourth-order valence-electron chi connectivity index (χ4n) is 9.33. The van der Waals surface area contributed by atoms with Crippen molar-refractivity contribution in [3.63, 3.8) is 0 Å². The Morgan fingerprint density at radius 3 is 0.824 bits per heavy atom. The highest BCUT2D eigenvalue weighted by Gasteiger charge is 2.19. The first-order valence-electron chi connectivity index (χ1n) is 32.3. The third-order valence-electron chi connectivity index (χ3n) is 14.2. The second kappa shape index (κ2) is 62.6. The van der Waals surface area contributed by atoms with Crippen LogP contribution in [0.5, 0.6) is 0 Å². The Balaban J connectivity index is 4.11. The highest BCUT2D eigenvalue weighted by atomic mass is 16.6. The zero-order chi connectivity index (χ0) is 53.6. The van der Waals surface area contributed by atoms with Crippen molar-refractivity contribution in [1.29, 1.82) is 0 Å². The van der Waals surface area contributed by atoms with Crippen LogP contribution in [0, 0.1) is 0 Å². The van der Waals surface area contributed by atoms with Gasteiger partial charge in [-0.1, -0.05) is 274 Å². The smallest absolute Gasteiger partial charge is 0.306 e. The van der Waals surface area contributed by atoms with Crippen molar-refractivity contribution in [2.24, 2.45) is 0 Å². The van der Waals surface area contributed by atoms with Crippen molar-refractivity contribution in [1.82, 2.24) is 0 Å². The average molecular weight is 1040 g/mol. The first-order chi connectivity index (χ1) is 36.5. The predicted molar refractivity (Wildman–Crippen MR) is 321 cm³/mol. The Hall–Kier alpha value is -2.89. The fraction of sp³-hybridized carbons (Fsp3) is 0.809. The highest BCUT2D eigenvalue weighted by molar-refractivity contribution is 5.71. The van der Waals surface area contributed by atoms with E-state index in [1.807, 2.05) is 0 Å². The summed E-state index contributed by atoms with van der Waals surface area (Å²) in [4.78, 5) is 38.1. The zero-order valence-corrected chi connectivity index (χ0v) is 49.4. The quantitative estimate of drug-likeness (QED) is 0.0261. The molecule has 0 aromatic rings. The summed E-state index contributed by atoms with van der Waals surface area (Å²) < 4.78 is 16.9. The van der Waals surface area contributed by atoms with E-state index in [0.717, 1.165) is 89.9 Å². The average Bonchev–Trinajstić information content (AvgIpc) is 3.40. The van der Waals surface area contributed by atoms with Gasteiger partial charge in [0.2, 0.25) is 0 Å². The van der Waals surface area contributed by atoms with Gasteiger partial charge in [-0.3, -0.25) is 14.4 Å². The maximum Gasteiger partial charge on any atom is 0.306 e. The predicted octanol–water partition coefficient (Wildman–Crippen LogP) is 21.9. The van der Waals surface area contributed by atoms with Gasteiger partial charge in [-0.25, -0.2) is 0 Å². The number of carbonyl (C=O) groups excluding carboxylic acids is 3. The molecule has 0 fully saturated rings. The molecule has 0 saturated heterocycles. The molecule has 0 amide bonds. The molecule has 6 heteroatoms. The summed E-state index contributed by atoms with van der Waals surface area (Å²) in [5.74, 6) is -0.884. The lowest BCUT2D eigenvalue weighted by atomic mass is 10.0. The minimum Gasteiger partial charge on any atom is -0.462 e. The van der Waals surface area contributed by atoms with Crippen LogP contribution in [-0.4, -0.2) is 37.2 Å². The second-order valence-corrected chi connectivity index (χ2v) is 21.7. The Bertz CT molecular complexity index is 1330. The van der Waals surface area contributed by atoms with E-state index in [1.54, 1.807) is 0 Å². The lowest BCUT2D eigenvalue weighted by Gasteiger charge is -2.18. The summed E-state index contributed by atoms with van der Waals surface area (Å²) in [6, 6.07) is 0. The van der Waals surface area contributed by atoms with Crippen LogP contribution in [0.25, 0.3) is 0 Å². The van der Waals surface area contributed by atoms with Gasteiger partial charge in [-0.15, -0.1) is 0 Å². The van der Waals surface area contributed by atoms with Crippen molar-refractivity contribution in [2.75, 3.05) is 13.2 Å². The summed E-state index contributed by atoms with van der Waals surface area (Å²) in [7, 11) is 0. The summed E-state index contributed by atoms with van der Waals surface area (Å²) in [5, 5.41) is 0. The number of hydrogen-bond donors (Lipinski definition) is 0. The second-order valence-electron chi connectivity index (χ2n) is 21.7. The Kier molecular flexibility index (Phi) is 60.2. The van der Waals surface area contributed by atoms with Crippen molar-refractivity contribution in [3.8, 4) is 0 Å². The molecule has 0 N–H and O–H groups in total. The van der Waals surface area contributed by atoms with E-state index >= 15 is 0 Å². The molecule has 0 heterocycles. The molecule has 0 saturated carbocycles. The van der Waals surface area contributed by atoms with E-state index in [2.05, 4.69) is 81.5 Å². The minimum absolute atomic E-state index is 0.0776. The number of allylic oxidation sites excluding steroid dienone is 10. The van der Waals surface area contributed by atoms with Gasteiger partial charge >= 0.3 is 17.9 Å². The summed E-state index contributed by atoms with van der Waals surface area (Å²) in [6.07, 6.45) is 79.6. The topological polar surface area (TPSA) is 78.9 Å². The molecule has 74 heavy (non-hydrogen) atoms. The van der Waals surface area contributed by atoms with Crippen LogP contribution < -0.4 is 0 Å². The van der Waals surface area contributed by atoms with Crippen LogP contribution in [0.2, 0.25) is 0 Å². The lowest BCUT2D eigenvalue weighted by molar-refractivity contribution is -0.167. The van der Waals surface area contributed by atoms with E-state index in [-0.39, 0.29) is 31.1 Å². The molecular weight excluding hydrogens is 913 g/mol. The molecule has 0 aliphatic carbocycles. The molecule has 0 aliphatic heterocycles. The van der Waals surface area contributed by atoms with Gasteiger partial charge in [0, 0.05) is 19.3 Å². The molecule has 0 spiro atoms. The molecule has 6 nitrogen and oxygen atoms in total. The van der Waals surface area contributed by atoms with Gasteiger partial charge in [0.1, 0.15) is 13.2 Å². The Labute approximate surface area is 460 Å². The number of unbranched alkanes of at least 4 members (excludes halogenated alkanes) is 38. The van der Waals surface area contributed by atoms with Crippen molar-refractivity contribution in [2.45, 2.75) is 341 Å². The number of ether oxygens (including phenoxy) is 3. The molecule has 0 radical (unpaired) electrons. The van der Waals surface area contributed by atoms with Gasteiger partial charge in [0.15, 0.2) is 6.10 Å². The Morgan fingerprint density at radius 2 is 0.514 bits per heavy atom. The molecular formula is C68H122O6. The van der Waals surface area contributed by atoms with Crippen LogP contribution in [0.3, 0.4) is 0 Å². The van der Waals surface area contributed by atoms with E-state index in [9.17, 15) is 14.4 Å². The summed E-state index contributed by atoms with van der Waals surface area (Å²) in [6.45, 7) is 6.58. The van der Waals surface area contributed by atoms with Gasteiger partial charge in [-0.05, 0) is 103 Å². The van der Waals surface area contributed by atoms with E-state index in [4.69, 9.17) is 14.2 Å². The number of carbonyl (C=O) groups is 3. The van der Waals surface area contributed by atoms with Gasteiger partial charge in [0.05, 0.1) is 0 Å². The molecule has 1 unspecified atom stereocenters. The van der Waals surface area contributed by atoms with Gasteiger partial charge < -0.3 is 14.2 Å². The maximum absolute atomic E-state index is 12.8. The molecule has 1 atom stereocenters. The third kappa shape index (κ3) is 60.0. The van der Waals surface area contributed by atoms with Crippen LogP contribution in [0.1, 0.15) is 335 Å². The third-order valence-corrected chi connectivity index (χ3v) is 14.2. The van der Waals surface area contributed by atoms with Gasteiger partial charge in [0.25, 0.3) is 0 Å². The zero-order valence-electron chi connectivity index (χ0n) is 49.4. The van der Waals surface area contributed by atoms with E-state index in [1.165, 1.54) is 205 Å². The number of esters is 3. The van der Waals surface area contributed by atoms with Crippen LogP contribution in [-0.2, 0) is 28.6 Å². The molecule has 0 aliphatic rings. The fourth-order valence-corrected chi connectivity index (χ4v) is 9.33. The van der Waals surface area contributed by atoms with E-state index in [0.29, 0.717) is 19.3 Å². The molecule has 0 rings (SSSR count). The first kappa shape index (κ1) is 71.1. The SMILES string of the molecule is CCC/C=C\CCCCCCCC(=O)OCC(COC(=O)CCCCCCCCCCCCCCCCCC/C=C\C/C=C\C/C=C\CCCCCCC)OC(=O)CCCCCCC/C=C\CCCCCCCC. The minimum atomic E-state index is -0.780.